The summed E-state index contributed by atoms with van der Waals surface area (Å²) in [7, 11) is 0. The first-order valence-electron chi connectivity index (χ1n) is 7.56. The highest BCUT2D eigenvalue weighted by atomic mass is 19.1. The van der Waals surface area contributed by atoms with Gasteiger partial charge in [-0.2, -0.15) is 0 Å². The van der Waals surface area contributed by atoms with Crippen molar-refractivity contribution in [3.05, 3.63) is 47.9 Å². The van der Waals surface area contributed by atoms with Gasteiger partial charge in [-0.1, -0.05) is 0 Å². The Morgan fingerprint density at radius 1 is 1.23 bits per heavy atom. The molecule has 1 saturated heterocycles. The minimum atomic E-state index is -0.270. The molecule has 22 heavy (non-hydrogen) atoms. The van der Waals surface area contributed by atoms with Crippen molar-refractivity contribution in [2.24, 2.45) is 0 Å². The Bertz CT molecular complexity index is 570. The maximum atomic E-state index is 13.2. The number of rotatable bonds is 4. The topological polar surface area (TPSA) is 53.9 Å². The van der Waals surface area contributed by atoms with Crippen molar-refractivity contribution in [2.75, 3.05) is 18.4 Å². The number of piperidine rings is 1. The standard InChI is InChI=1S/C16H20FN5/c1-12-6-16(20-11-19-12)21-15-2-4-22(5-3-15)10-13-7-14(17)9-18-8-13/h6-9,11,15H,2-5,10H2,1H3,(H,19,20,21). The van der Waals surface area contributed by atoms with Crippen LogP contribution in [-0.2, 0) is 6.54 Å². The maximum absolute atomic E-state index is 13.2. The first kappa shape index (κ1) is 14.8. The number of nitrogens with one attached hydrogen (secondary N) is 1. The lowest BCUT2D eigenvalue weighted by Crippen LogP contribution is -2.38. The maximum Gasteiger partial charge on any atom is 0.141 e. The first-order valence-corrected chi connectivity index (χ1v) is 7.56. The molecule has 0 atom stereocenters. The Balaban J connectivity index is 1.50. The molecule has 5 nitrogen and oxygen atoms in total. The molecule has 0 saturated carbocycles. The summed E-state index contributed by atoms with van der Waals surface area (Å²) in [5, 5.41) is 3.47. The number of anilines is 1. The fourth-order valence-corrected chi connectivity index (χ4v) is 2.78. The van der Waals surface area contributed by atoms with Crippen molar-refractivity contribution in [3.8, 4) is 0 Å². The summed E-state index contributed by atoms with van der Waals surface area (Å²) in [4.78, 5) is 14.6. The van der Waals surface area contributed by atoms with Gasteiger partial charge in [0.2, 0.25) is 0 Å². The molecule has 0 radical (unpaired) electrons. The quantitative estimate of drug-likeness (QED) is 0.940. The van der Waals surface area contributed by atoms with E-state index in [-0.39, 0.29) is 5.82 Å². The molecule has 0 amide bonds. The average molecular weight is 301 g/mol. The second-order valence-electron chi connectivity index (χ2n) is 5.75. The van der Waals surface area contributed by atoms with Gasteiger partial charge in [0.15, 0.2) is 0 Å². The minimum Gasteiger partial charge on any atom is -0.367 e. The number of halogens is 1. The number of hydrogen-bond donors (Lipinski definition) is 1. The van der Waals surface area contributed by atoms with E-state index < -0.39 is 0 Å². The summed E-state index contributed by atoms with van der Waals surface area (Å²) in [5.41, 5.74) is 1.89. The number of hydrogen-bond acceptors (Lipinski definition) is 5. The van der Waals surface area contributed by atoms with Crippen LogP contribution in [0.15, 0.2) is 30.9 Å². The zero-order valence-electron chi connectivity index (χ0n) is 12.7. The van der Waals surface area contributed by atoms with Gasteiger partial charge in [0, 0.05) is 43.6 Å². The number of aromatic nitrogens is 3. The van der Waals surface area contributed by atoms with Crippen LogP contribution < -0.4 is 5.32 Å². The fourth-order valence-electron chi connectivity index (χ4n) is 2.78. The molecule has 1 aliphatic rings. The van der Waals surface area contributed by atoms with Crippen molar-refractivity contribution in [2.45, 2.75) is 32.4 Å². The van der Waals surface area contributed by atoms with Gasteiger partial charge in [-0.05, 0) is 31.4 Å². The van der Waals surface area contributed by atoms with E-state index in [1.54, 1.807) is 18.6 Å². The first-order chi connectivity index (χ1) is 10.7. The Hall–Kier alpha value is -2.08. The monoisotopic (exact) mass is 301 g/mol. The molecule has 0 bridgehead atoms. The third-order valence-corrected chi connectivity index (χ3v) is 3.91. The highest BCUT2D eigenvalue weighted by molar-refractivity contribution is 5.35. The van der Waals surface area contributed by atoms with Gasteiger partial charge in [0.05, 0.1) is 6.20 Å². The van der Waals surface area contributed by atoms with E-state index in [1.165, 1.54) is 6.20 Å². The van der Waals surface area contributed by atoms with Crippen LogP contribution >= 0.6 is 0 Å². The second-order valence-corrected chi connectivity index (χ2v) is 5.75. The van der Waals surface area contributed by atoms with Gasteiger partial charge in [-0.25, -0.2) is 14.4 Å². The lowest BCUT2D eigenvalue weighted by Gasteiger charge is -2.32. The van der Waals surface area contributed by atoms with Crippen LogP contribution in [0.1, 0.15) is 24.1 Å². The molecule has 6 heteroatoms. The summed E-state index contributed by atoms with van der Waals surface area (Å²) in [6.07, 6.45) is 6.65. The molecule has 0 aromatic carbocycles. The summed E-state index contributed by atoms with van der Waals surface area (Å²) >= 11 is 0. The summed E-state index contributed by atoms with van der Waals surface area (Å²) in [6, 6.07) is 3.95. The predicted octanol–water partition coefficient (Wildman–Crippen LogP) is 2.40. The minimum absolute atomic E-state index is 0.270. The third-order valence-electron chi connectivity index (χ3n) is 3.91. The zero-order valence-corrected chi connectivity index (χ0v) is 12.7. The van der Waals surface area contributed by atoms with Crippen molar-refractivity contribution in [1.29, 1.82) is 0 Å². The smallest absolute Gasteiger partial charge is 0.141 e. The van der Waals surface area contributed by atoms with Crippen molar-refractivity contribution in [1.82, 2.24) is 19.9 Å². The van der Waals surface area contributed by atoms with Crippen LogP contribution in [0, 0.1) is 12.7 Å². The normalized spacial score (nSPS) is 16.6. The average Bonchev–Trinajstić information content (AvgIpc) is 2.49. The van der Waals surface area contributed by atoms with Gasteiger partial charge < -0.3 is 5.32 Å². The van der Waals surface area contributed by atoms with Crippen LogP contribution in [0.25, 0.3) is 0 Å². The van der Waals surface area contributed by atoms with E-state index in [2.05, 4.69) is 25.2 Å². The molecule has 3 rings (SSSR count). The number of aryl methyl sites for hydroxylation is 1. The molecule has 1 fully saturated rings. The van der Waals surface area contributed by atoms with Crippen LogP contribution in [-0.4, -0.2) is 39.0 Å². The molecule has 2 aromatic heterocycles. The van der Waals surface area contributed by atoms with E-state index >= 15 is 0 Å². The molecular weight excluding hydrogens is 281 g/mol. The molecule has 116 valence electrons. The Labute approximate surface area is 129 Å². The van der Waals surface area contributed by atoms with Crippen LogP contribution in [0.4, 0.5) is 10.2 Å². The largest absolute Gasteiger partial charge is 0.367 e. The van der Waals surface area contributed by atoms with Crippen LogP contribution in [0.3, 0.4) is 0 Å². The van der Waals surface area contributed by atoms with E-state index in [9.17, 15) is 4.39 Å². The molecule has 3 heterocycles. The molecule has 0 spiro atoms. The Morgan fingerprint density at radius 3 is 2.77 bits per heavy atom. The Morgan fingerprint density at radius 2 is 2.05 bits per heavy atom. The summed E-state index contributed by atoms with van der Waals surface area (Å²) in [5.74, 6) is 0.619. The van der Waals surface area contributed by atoms with Gasteiger partial charge in [0.1, 0.15) is 18.0 Å². The second kappa shape index (κ2) is 6.79. The number of nitrogens with zero attached hydrogens (tertiary/aromatic N) is 4. The SMILES string of the molecule is Cc1cc(NC2CCN(Cc3cncc(F)c3)CC2)ncn1. The lowest BCUT2D eigenvalue weighted by molar-refractivity contribution is 0.210. The summed E-state index contributed by atoms with van der Waals surface area (Å²) in [6.45, 7) is 4.68. The van der Waals surface area contributed by atoms with Crippen molar-refractivity contribution < 1.29 is 4.39 Å². The molecule has 0 aliphatic carbocycles. The molecule has 2 aromatic rings. The van der Waals surface area contributed by atoms with Crippen LogP contribution in [0.5, 0.6) is 0 Å². The molecule has 0 unspecified atom stereocenters. The number of likely N-dealkylation sites (tertiary alicyclic amines) is 1. The molecular formula is C16H20FN5. The fraction of sp³-hybridized carbons (Fsp3) is 0.438. The van der Waals surface area contributed by atoms with Crippen molar-refractivity contribution >= 4 is 5.82 Å². The predicted molar refractivity (Wildman–Crippen MR) is 82.9 cm³/mol. The molecule has 1 aliphatic heterocycles. The van der Waals surface area contributed by atoms with E-state index in [1.807, 2.05) is 13.0 Å². The highest BCUT2D eigenvalue weighted by Crippen LogP contribution is 2.17. The van der Waals surface area contributed by atoms with Gasteiger partial charge >= 0.3 is 0 Å². The highest BCUT2D eigenvalue weighted by Gasteiger charge is 2.19. The van der Waals surface area contributed by atoms with E-state index in [0.29, 0.717) is 6.04 Å². The van der Waals surface area contributed by atoms with Gasteiger partial charge in [-0.3, -0.25) is 9.88 Å². The van der Waals surface area contributed by atoms with Gasteiger partial charge in [0.25, 0.3) is 0 Å². The lowest BCUT2D eigenvalue weighted by atomic mass is 10.0. The summed E-state index contributed by atoms with van der Waals surface area (Å²) < 4.78 is 13.2. The number of pyridine rings is 1. The molecule has 1 N–H and O–H groups in total. The van der Waals surface area contributed by atoms with E-state index in [0.717, 1.165) is 49.6 Å². The van der Waals surface area contributed by atoms with Gasteiger partial charge in [-0.15, -0.1) is 0 Å². The van der Waals surface area contributed by atoms with Crippen molar-refractivity contribution in [3.63, 3.8) is 0 Å². The van der Waals surface area contributed by atoms with Crippen LogP contribution in [0.2, 0.25) is 0 Å². The third kappa shape index (κ3) is 3.98. The Kier molecular flexibility index (Phi) is 4.58. The zero-order chi connectivity index (χ0) is 15.4. The van der Waals surface area contributed by atoms with E-state index in [4.69, 9.17) is 0 Å².